The van der Waals surface area contributed by atoms with Crippen molar-refractivity contribution in [2.45, 2.75) is 52.1 Å². The maximum atomic E-state index is 12.7. The predicted molar refractivity (Wildman–Crippen MR) is 104 cm³/mol. The minimum Gasteiger partial charge on any atom is -0.369 e. The monoisotopic (exact) mass is 343 g/mol. The number of para-hydroxylation sites is 1. The molecule has 1 aliphatic heterocycles. The number of rotatable bonds is 4. The van der Waals surface area contributed by atoms with Crippen LogP contribution in [0, 0.1) is 11.8 Å². The highest BCUT2D eigenvalue weighted by Gasteiger charge is 2.31. The Bertz CT molecular complexity index is 554. The van der Waals surface area contributed by atoms with E-state index in [1.54, 1.807) is 0 Å². The second kappa shape index (κ2) is 8.22. The molecule has 0 aromatic heterocycles. The van der Waals surface area contributed by atoms with Gasteiger partial charge in [-0.15, -0.1) is 0 Å². The summed E-state index contributed by atoms with van der Waals surface area (Å²) in [7, 11) is 0. The summed E-state index contributed by atoms with van der Waals surface area (Å²) in [6, 6.07) is 10.9. The fourth-order valence-corrected chi connectivity index (χ4v) is 4.26. The summed E-state index contributed by atoms with van der Waals surface area (Å²) >= 11 is 0. The maximum absolute atomic E-state index is 12.7. The molecule has 0 spiro atoms. The molecule has 1 amide bonds. The molecular formula is C21H33N3O. The largest absolute Gasteiger partial charge is 0.369 e. The second-order valence-corrected chi connectivity index (χ2v) is 7.92. The fraction of sp³-hybridized carbons (Fsp3) is 0.667. The number of piperazine rings is 1. The van der Waals surface area contributed by atoms with Crippen molar-refractivity contribution in [3.05, 3.63) is 30.3 Å². The first kappa shape index (κ1) is 18.2. The summed E-state index contributed by atoms with van der Waals surface area (Å²) in [5.74, 6) is 1.50. The minimum absolute atomic E-state index is 0.0395. The molecule has 0 radical (unpaired) electrons. The lowest BCUT2D eigenvalue weighted by Gasteiger charge is -2.40. The Balaban J connectivity index is 1.50. The van der Waals surface area contributed by atoms with Crippen LogP contribution in [0.15, 0.2) is 30.3 Å². The number of hydrogen-bond acceptors (Lipinski definition) is 3. The Morgan fingerprint density at radius 1 is 1.08 bits per heavy atom. The zero-order valence-electron chi connectivity index (χ0n) is 15.9. The van der Waals surface area contributed by atoms with Gasteiger partial charge in [0.25, 0.3) is 0 Å². The van der Waals surface area contributed by atoms with Crippen LogP contribution in [0.2, 0.25) is 0 Å². The molecule has 4 atom stereocenters. The average molecular weight is 344 g/mol. The lowest BCUT2D eigenvalue weighted by molar-refractivity contribution is -0.127. The molecular weight excluding hydrogens is 310 g/mol. The van der Waals surface area contributed by atoms with E-state index in [9.17, 15) is 4.79 Å². The van der Waals surface area contributed by atoms with Gasteiger partial charge in [-0.25, -0.2) is 0 Å². The van der Waals surface area contributed by atoms with Crippen LogP contribution in [0.1, 0.15) is 40.0 Å². The van der Waals surface area contributed by atoms with E-state index in [4.69, 9.17) is 0 Å². The summed E-state index contributed by atoms with van der Waals surface area (Å²) in [4.78, 5) is 17.5. The summed E-state index contributed by atoms with van der Waals surface area (Å²) < 4.78 is 0. The third-order valence-corrected chi connectivity index (χ3v) is 6.40. The molecule has 1 N–H and O–H groups in total. The first-order valence-electron chi connectivity index (χ1n) is 9.90. The molecule has 1 aromatic carbocycles. The molecule has 2 fully saturated rings. The van der Waals surface area contributed by atoms with Crippen LogP contribution in [0.25, 0.3) is 0 Å². The van der Waals surface area contributed by atoms with E-state index in [0.29, 0.717) is 17.9 Å². The lowest BCUT2D eigenvalue weighted by Crippen LogP contribution is -2.56. The van der Waals surface area contributed by atoms with E-state index in [1.165, 1.54) is 18.5 Å². The SMILES string of the molecule is C[C@H]1[C@@H](NC(=O)[C@@H](C)N2CCN(c3ccccc3)CC2)CCC[C@@H]1C. The van der Waals surface area contributed by atoms with Crippen LogP contribution in [0.4, 0.5) is 5.69 Å². The second-order valence-electron chi connectivity index (χ2n) is 7.92. The zero-order chi connectivity index (χ0) is 17.8. The summed E-state index contributed by atoms with van der Waals surface area (Å²) in [6.07, 6.45) is 3.66. The van der Waals surface area contributed by atoms with Crippen LogP contribution in [-0.4, -0.2) is 49.1 Å². The van der Waals surface area contributed by atoms with E-state index in [2.05, 4.69) is 66.2 Å². The molecule has 3 rings (SSSR count). The smallest absolute Gasteiger partial charge is 0.237 e. The molecule has 1 saturated carbocycles. The molecule has 25 heavy (non-hydrogen) atoms. The van der Waals surface area contributed by atoms with Gasteiger partial charge in [0, 0.05) is 37.9 Å². The van der Waals surface area contributed by atoms with Gasteiger partial charge in [-0.2, -0.15) is 0 Å². The molecule has 4 nitrogen and oxygen atoms in total. The molecule has 1 aliphatic carbocycles. The van der Waals surface area contributed by atoms with Crippen LogP contribution < -0.4 is 10.2 Å². The number of anilines is 1. The number of carbonyl (C=O) groups excluding carboxylic acids is 1. The first-order valence-corrected chi connectivity index (χ1v) is 9.90. The molecule has 1 saturated heterocycles. The standard InChI is InChI=1S/C21H33N3O/c1-16-8-7-11-20(17(16)2)22-21(25)18(3)23-12-14-24(15-13-23)19-9-5-4-6-10-19/h4-6,9-10,16-18,20H,7-8,11-15H2,1-3H3,(H,22,25)/t16-,17+,18+,20-/m0/s1. The molecule has 1 heterocycles. The van der Waals surface area contributed by atoms with E-state index < -0.39 is 0 Å². The molecule has 1 aromatic rings. The molecule has 138 valence electrons. The van der Waals surface area contributed by atoms with Gasteiger partial charge in [-0.05, 0) is 37.3 Å². The van der Waals surface area contributed by atoms with E-state index >= 15 is 0 Å². The molecule has 2 aliphatic rings. The van der Waals surface area contributed by atoms with Crippen LogP contribution in [-0.2, 0) is 4.79 Å². The van der Waals surface area contributed by atoms with Gasteiger partial charge in [0.1, 0.15) is 0 Å². The van der Waals surface area contributed by atoms with Crippen LogP contribution >= 0.6 is 0 Å². The Morgan fingerprint density at radius 2 is 1.76 bits per heavy atom. The lowest BCUT2D eigenvalue weighted by atomic mass is 9.78. The van der Waals surface area contributed by atoms with Crippen molar-refractivity contribution in [1.29, 1.82) is 0 Å². The fourth-order valence-electron chi connectivity index (χ4n) is 4.26. The summed E-state index contributed by atoms with van der Waals surface area (Å²) in [5, 5.41) is 3.34. The van der Waals surface area contributed by atoms with Gasteiger partial charge in [-0.1, -0.05) is 44.9 Å². The van der Waals surface area contributed by atoms with Gasteiger partial charge in [0.15, 0.2) is 0 Å². The third kappa shape index (κ3) is 4.35. The van der Waals surface area contributed by atoms with Crippen molar-refractivity contribution in [2.75, 3.05) is 31.1 Å². The highest BCUT2D eigenvalue weighted by Crippen LogP contribution is 2.29. The third-order valence-electron chi connectivity index (χ3n) is 6.40. The molecule has 0 bridgehead atoms. The topological polar surface area (TPSA) is 35.6 Å². The Morgan fingerprint density at radius 3 is 2.44 bits per heavy atom. The van der Waals surface area contributed by atoms with Crippen molar-refractivity contribution in [3.63, 3.8) is 0 Å². The van der Waals surface area contributed by atoms with Gasteiger partial charge in [0.2, 0.25) is 5.91 Å². The Hall–Kier alpha value is -1.55. The van der Waals surface area contributed by atoms with E-state index in [1.807, 2.05) is 0 Å². The normalized spacial score (nSPS) is 29.2. The van der Waals surface area contributed by atoms with Gasteiger partial charge < -0.3 is 10.2 Å². The molecule has 0 unspecified atom stereocenters. The van der Waals surface area contributed by atoms with Crippen LogP contribution in [0.5, 0.6) is 0 Å². The quantitative estimate of drug-likeness (QED) is 0.912. The number of benzene rings is 1. The minimum atomic E-state index is -0.0395. The van der Waals surface area contributed by atoms with Crippen molar-refractivity contribution in [1.82, 2.24) is 10.2 Å². The Kier molecular flexibility index (Phi) is 6.00. The zero-order valence-corrected chi connectivity index (χ0v) is 15.9. The van der Waals surface area contributed by atoms with E-state index in [-0.39, 0.29) is 11.9 Å². The number of nitrogens with zero attached hydrogens (tertiary/aromatic N) is 2. The average Bonchev–Trinajstić information content (AvgIpc) is 2.65. The maximum Gasteiger partial charge on any atom is 0.237 e. The highest BCUT2D eigenvalue weighted by atomic mass is 16.2. The Labute approximate surface area is 152 Å². The molecule has 4 heteroatoms. The number of carbonyl (C=O) groups is 1. The number of hydrogen-bond donors (Lipinski definition) is 1. The van der Waals surface area contributed by atoms with Crippen LogP contribution in [0.3, 0.4) is 0 Å². The van der Waals surface area contributed by atoms with Gasteiger partial charge >= 0.3 is 0 Å². The van der Waals surface area contributed by atoms with Crippen molar-refractivity contribution < 1.29 is 4.79 Å². The predicted octanol–water partition coefficient (Wildman–Crippen LogP) is 3.14. The van der Waals surface area contributed by atoms with Gasteiger partial charge in [-0.3, -0.25) is 9.69 Å². The van der Waals surface area contributed by atoms with Crippen molar-refractivity contribution in [2.24, 2.45) is 11.8 Å². The number of amides is 1. The van der Waals surface area contributed by atoms with Gasteiger partial charge in [0.05, 0.1) is 6.04 Å². The van der Waals surface area contributed by atoms with Crippen molar-refractivity contribution in [3.8, 4) is 0 Å². The number of nitrogens with one attached hydrogen (secondary N) is 1. The van der Waals surface area contributed by atoms with Crippen molar-refractivity contribution >= 4 is 11.6 Å². The first-order chi connectivity index (χ1) is 12.1. The summed E-state index contributed by atoms with van der Waals surface area (Å²) in [5.41, 5.74) is 1.28. The van der Waals surface area contributed by atoms with E-state index in [0.717, 1.165) is 32.6 Å². The summed E-state index contributed by atoms with van der Waals surface area (Å²) in [6.45, 7) is 10.5. The highest BCUT2D eigenvalue weighted by molar-refractivity contribution is 5.81.